The van der Waals surface area contributed by atoms with Gasteiger partial charge >= 0.3 is 0 Å². The van der Waals surface area contributed by atoms with Gasteiger partial charge in [0.2, 0.25) is 0 Å². The topological polar surface area (TPSA) is 68.9 Å². The molecule has 0 saturated heterocycles. The van der Waals surface area contributed by atoms with Crippen molar-refractivity contribution in [3.8, 4) is 10.6 Å². The van der Waals surface area contributed by atoms with E-state index in [4.69, 9.17) is 5.73 Å². The van der Waals surface area contributed by atoms with E-state index in [9.17, 15) is 4.79 Å². The molecule has 0 spiro atoms. The number of fused-ring (bicyclic) bond motifs is 2. The number of Topliss-reactive ketones (excluding diaryl/α,β-unsaturated/α-hetero) is 1. The van der Waals surface area contributed by atoms with Crippen LogP contribution in [0.1, 0.15) is 28.5 Å². The molecular weight excluding hydrogens is 402 g/mol. The molecule has 0 radical (unpaired) electrons. The number of anilines is 1. The monoisotopic (exact) mass is 425 g/mol. The molecular formula is C26H23N3OS. The van der Waals surface area contributed by atoms with Crippen molar-refractivity contribution in [3.05, 3.63) is 89.6 Å². The molecule has 4 nitrogen and oxygen atoms in total. The predicted molar refractivity (Wildman–Crippen MR) is 131 cm³/mol. The van der Waals surface area contributed by atoms with Crippen molar-refractivity contribution in [2.45, 2.75) is 20.8 Å². The Balaban J connectivity index is 0.000000152. The number of thiazole rings is 1. The number of rotatable bonds is 2. The molecule has 5 rings (SSSR count). The Morgan fingerprint density at radius 1 is 0.871 bits per heavy atom. The predicted octanol–water partition coefficient (Wildman–Crippen LogP) is 6.60. The van der Waals surface area contributed by atoms with Gasteiger partial charge in [-0.15, -0.1) is 11.3 Å². The normalized spacial score (nSPS) is 10.7. The molecule has 0 aliphatic carbocycles. The van der Waals surface area contributed by atoms with Crippen LogP contribution in [0.3, 0.4) is 0 Å². The molecule has 5 aromatic rings. The number of carbonyl (C=O) groups excluding carboxylic acids is 1. The molecule has 31 heavy (non-hydrogen) atoms. The van der Waals surface area contributed by atoms with Crippen LogP contribution in [0.15, 0.2) is 72.8 Å². The Morgan fingerprint density at radius 2 is 1.61 bits per heavy atom. The zero-order chi connectivity index (χ0) is 22.0. The summed E-state index contributed by atoms with van der Waals surface area (Å²) in [4.78, 5) is 20.3. The number of aromatic nitrogens is 2. The van der Waals surface area contributed by atoms with Gasteiger partial charge in [0, 0.05) is 27.9 Å². The van der Waals surface area contributed by atoms with E-state index in [2.05, 4.69) is 35.1 Å². The number of para-hydroxylation sites is 1. The second-order valence-corrected chi connectivity index (χ2v) is 8.51. The molecule has 2 heterocycles. The molecule has 0 amide bonds. The summed E-state index contributed by atoms with van der Waals surface area (Å²) >= 11 is 1.71. The Labute approximate surface area is 185 Å². The van der Waals surface area contributed by atoms with Crippen LogP contribution >= 0.6 is 11.3 Å². The van der Waals surface area contributed by atoms with Gasteiger partial charge in [0.25, 0.3) is 0 Å². The van der Waals surface area contributed by atoms with Gasteiger partial charge in [-0.1, -0.05) is 24.3 Å². The quantitative estimate of drug-likeness (QED) is 0.255. The van der Waals surface area contributed by atoms with Gasteiger partial charge in [-0.05, 0) is 74.9 Å². The molecule has 0 aliphatic heterocycles. The fraction of sp³-hybridized carbons (Fsp3) is 0.115. The molecule has 0 aliphatic rings. The summed E-state index contributed by atoms with van der Waals surface area (Å²) in [7, 11) is 0. The van der Waals surface area contributed by atoms with Gasteiger partial charge in [-0.3, -0.25) is 9.78 Å². The molecule has 0 atom stereocenters. The lowest BCUT2D eigenvalue weighted by Gasteiger charge is -2.03. The zero-order valence-corrected chi connectivity index (χ0v) is 18.5. The number of ketones is 1. The van der Waals surface area contributed by atoms with Crippen LogP contribution in [-0.4, -0.2) is 15.8 Å². The first-order valence-electron chi connectivity index (χ1n) is 10.0. The standard InChI is InChI=1S/C14H12N2S.C12H11NO/c1-9-2-7-13-12(8-9)16-14(17-13)10-3-5-11(15)6-4-10;1-8-11(9(2)14)7-10-5-3-4-6-12(10)13-8/h2-8H,15H2,1H3;3-7H,1-2H3. The van der Waals surface area contributed by atoms with Crippen molar-refractivity contribution in [2.24, 2.45) is 0 Å². The zero-order valence-electron chi connectivity index (χ0n) is 17.7. The number of nitrogens with zero attached hydrogens (tertiary/aromatic N) is 2. The molecule has 2 N–H and O–H groups in total. The first-order chi connectivity index (χ1) is 14.9. The Hall–Kier alpha value is -3.57. The van der Waals surface area contributed by atoms with Gasteiger partial charge in [0.1, 0.15) is 5.01 Å². The minimum Gasteiger partial charge on any atom is -0.399 e. The second-order valence-electron chi connectivity index (χ2n) is 7.48. The highest BCUT2D eigenvalue weighted by atomic mass is 32.1. The number of benzene rings is 3. The van der Waals surface area contributed by atoms with Crippen LogP contribution in [-0.2, 0) is 0 Å². The number of hydrogen-bond acceptors (Lipinski definition) is 5. The summed E-state index contributed by atoms with van der Waals surface area (Å²) in [6.45, 7) is 5.52. The van der Waals surface area contributed by atoms with Crippen LogP contribution in [0.5, 0.6) is 0 Å². The van der Waals surface area contributed by atoms with E-state index in [-0.39, 0.29) is 5.78 Å². The van der Waals surface area contributed by atoms with Gasteiger partial charge in [0.15, 0.2) is 5.78 Å². The second kappa shape index (κ2) is 8.66. The largest absolute Gasteiger partial charge is 0.399 e. The number of nitrogens with two attached hydrogens (primary N) is 1. The summed E-state index contributed by atoms with van der Waals surface area (Å²) in [6.07, 6.45) is 0. The van der Waals surface area contributed by atoms with Crippen LogP contribution in [0.2, 0.25) is 0 Å². The molecule has 0 unspecified atom stereocenters. The number of carbonyl (C=O) groups is 1. The van der Waals surface area contributed by atoms with Crippen molar-refractivity contribution in [1.29, 1.82) is 0 Å². The molecule has 5 heteroatoms. The third-order valence-corrected chi connectivity index (χ3v) is 6.08. The molecule has 0 fully saturated rings. The number of nitrogen functional groups attached to an aromatic ring is 1. The number of aryl methyl sites for hydroxylation is 2. The van der Waals surface area contributed by atoms with E-state index in [1.165, 1.54) is 10.3 Å². The molecule has 0 saturated carbocycles. The van der Waals surface area contributed by atoms with Crippen molar-refractivity contribution in [2.75, 3.05) is 5.73 Å². The first kappa shape index (κ1) is 20.7. The highest BCUT2D eigenvalue weighted by molar-refractivity contribution is 7.21. The van der Waals surface area contributed by atoms with Gasteiger partial charge < -0.3 is 5.73 Å². The van der Waals surface area contributed by atoms with Gasteiger partial charge in [-0.2, -0.15) is 0 Å². The Kier molecular flexibility index (Phi) is 5.78. The minimum absolute atomic E-state index is 0.0701. The maximum Gasteiger partial charge on any atom is 0.161 e. The lowest BCUT2D eigenvalue weighted by atomic mass is 10.1. The van der Waals surface area contributed by atoms with Crippen molar-refractivity contribution >= 4 is 43.9 Å². The van der Waals surface area contributed by atoms with Crippen LogP contribution in [0.4, 0.5) is 5.69 Å². The summed E-state index contributed by atoms with van der Waals surface area (Å²) in [5, 5.41) is 2.06. The fourth-order valence-electron chi connectivity index (χ4n) is 3.36. The highest BCUT2D eigenvalue weighted by Crippen LogP contribution is 2.30. The summed E-state index contributed by atoms with van der Waals surface area (Å²) in [5.74, 6) is 0.0701. The van der Waals surface area contributed by atoms with E-state index >= 15 is 0 Å². The summed E-state index contributed by atoms with van der Waals surface area (Å²) in [5.41, 5.74) is 12.4. The number of pyridine rings is 1. The van der Waals surface area contributed by atoms with Gasteiger partial charge in [-0.25, -0.2) is 4.98 Å². The third kappa shape index (κ3) is 4.62. The Morgan fingerprint density at radius 3 is 2.35 bits per heavy atom. The maximum absolute atomic E-state index is 11.3. The molecule has 3 aromatic carbocycles. The van der Waals surface area contributed by atoms with Crippen LogP contribution in [0.25, 0.3) is 31.7 Å². The maximum atomic E-state index is 11.3. The smallest absolute Gasteiger partial charge is 0.161 e. The number of hydrogen-bond donors (Lipinski definition) is 1. The summed E-state index contributed by atoms with van der Waals surface area (Å²) < 4.78 is 1.22. The van der Waals surface area contributed by atoms with E-state index in [0.29, 0.717) is 5.56 Å². The average molecular weight is 426 g/mol. The average Bonchev–Trinajstić information content (AvgIpc) is 3.17. The van der Waals surface area contributed by atoms with Crippen molar-refractivity contribution in [1.82, 2.24) is 9.97 Å². The molecule has 154 valence electrons. The van der Waals surface area contributed by atoms with E-state index in [0.717, 1.165) is 38.4 Å². The van der Waals surface area contributed by atoms with E-state index in [1.807, 2.05) is 61.5 Å². The SMILES string of the molecule is CC(=O)c1cc2ccccc2nc1C.Cc1ccc2sc(-c3ccc(N)cc3)nc2c1. The lowest BCUT2D eigenvalue weighted by Crippen LogP contribution is -1.98. The van der Waals surface area contributed by atoms with Gasteiger partial charge in [0.05, 0.1) is 15.7 Å². The van der Waals surface area contributed by atoms with E-state index < -0.39 is 0 Å². The third-order valence-electron chi connectivity index (χ3n) is 4.99. The highest BCUT2D eigenvalue weighted by Gasteiger charge is 2.07. The fourth-order valence-corrected chi connectivity index (χ4v) is 4.31. The first-order valence-corrected chi connectivity index (χ1v) is 10.8. The van der Waals surface area contributed by atoms with Crippen molar-refractivity contribution < 1.29 is 4.79 Å². The summed E-state index contributed by atoms with van der Waals surface area (Å²) in [6, 6.07) is 23.9. The Bertz CT molecular complexity index is 1390. The molecule has 2 aromatic heterocycles. The van der Waals surface area contributed by atoms with Crippen LogP contribution in [0, 0.1) is 13.8 Å². The van der Waals surface area contributed by atoms with Crippen LogP contribution < -0.4 is 5.73 Å². The lowest BCUT2D eigenvalue weighted by molar-refractivity contribution is 0.101. The van der Waals surface area contributed by atoms with E-state index in [1.54, 1.807) is 18.3 Å². The minimum atomic E-state index is 0.0701. The molecule has 0 bridgehead atoms. The van der Waals surface area contributed by atoms with Crippen molar-refractivity contribution in [3.63, 3.8) is 0 Å².